The molecule has 0 aliphatic rings. The van der Waals surface area contributed by atoms with Gasteiger partial charge in [0.2, 0.25) is 11.8 Å². The zero-order valence-corrected chi connectivity index (χ0v) is 9.67. The van der Waals surface area contributed by atoms with E-state index < -0.39 is 31.4 Å². The summed E-state index contributed by atoms with van der Waals surface area (Å²) < 4.78 is 0. The maximum atomic E-state index is 10.5. The molecule has 7 nitrogen and oxygen atoms in total. The van der Waals surface area contributed by atoms with Gasteiger partial charge in [-0.25, -0.2) is 0 Å². The van der Waals surface area contributed by atoms with Crippen molar-refractivity contribution in [3.05, 3.63) is 24.8 Å². The van der Waals surface area contributed by atoms with Crippen LogP contribution in [0.2, 0.25) is 0 Å². The summed E-state index contributed by atoms with van der Waals surface area (Å²) in [4.78, 5) is 21.4. The molecule has 0 saturated heterocycles. The molecule has 0 fully saturated rings. The van der Waals surface area contributed by atoms with Gasteiger partial charge in [0.1, 0.15) is 13.5 Å². The largest absolute Gasteiger partial charge is 0.389 e. The first-order chi connectivity index (χ1) is 7.81. The lowest BCUT2D eigenvalue weighted by molar-refractivity contribution is -0.134. The predicted octanol–water partition coefficient (Wildman–Crippen LogP) is -1.69. The van der Waals surface area contributed by atoms with Gasteiger partial charge in [0.05, 0.1) is 6.10 Å². The number of nitrogens with two attached hydrogens (primary N) is 1. The highest BCUT2D eigenvalue weighted by molar-refractivity contribution is 5.92. The fraction of sp³-hybridized carbons (Fsp3) is 0.400. The molecule has 0 aliphatic heterocycles. The van der Waals surface area contributed by atoms with E-state index in [1.807, 2.05) is 0 Å². The van der Waals surface area contributed by atoms with Gasteiger partial charge in [0.15, 0.2) is 0 Å². The van der Waals surface area contributed by atoms with Gasteiger partial charge in [0, 0.05) is 5.57 Å². The first-order valence-corrected chi connectivity index (χ1v) is 4.61. The molecule has 0 heterocycles. The summed E-state index contributed by atoms with van der Waals surface area (Å²) in [5.74, 6) is -1.14. The van der Waals surface area contributed by atoms with Gasteiger partial charge in [-0.1, -0.05) is 13.2 Å². The van der Waals surface area contributed by atoms with Crippen molar-refractivity contribution in [2.75, 3.05) is 13.5 Å². The van der Waals surface area contributed by atoms with Crippen LogP contribution < -0.4 is 5.73 Å². The molecule has 17 heavy (non-hydrogen) atoms. The van der Waals surface area contributed by atoms with Crippen LogP contribution in [0.15, 0.2) is 24.8 Å². The molecule has 0 radical (unpaired) electrons. The van der Waals surface area contributed by atoms with Gasteiger partial charge in [-0.05, 0) is 13.0 Å². The molecule has 2 amide bonds. The molecule has 0 saturated carbocycles. The Kier molecular flexibility index (Phi) is 9.91. The Morgan fingerprint density at radius 2 is 1.82 bits per heavy atom. The normalized spacial score (nSPS) is 10.6. The highest BCUT2D eigenvalue weighted by Crippen LogP contribution is 1.94. The van der Waals surface area contributed by atoms with Crippen LogP contribution in [0.5, 0.6) is 0 Å². The summed E-state index contributed by atoms with van der Waals surface area (Å²) in [6.45, 7) is 6.86. The minimum absolute atomic E-state index is 0.0463. The van der Waals surface area contributed by atoms with Crippen LogP contribution in [0.1, 0.15) is 6.92 Å². The van der Waals surface area contributed by atoms with Gasteiger partial charge >= 0.3 is 0 Å². The van der Waals surface area contributed by atoms with Crippen molar-refractivity contribution in [3.8, 4) is 0 Å². The third-order valence-corrected chi connectivity index (χ3v) is 1.65. The number of hydrogen-bond donors (Lipinski definition) is 4. The number of aliphatic hydroxyl groups excluding tert-OH is 3. The number of carbonyl (C=O) groups is 2. The maximum Gasteiger partial charge on any atom is 0.249 e. The molecule has 0 aromatic heterocycles. The molecule has 1 unspecified atom stereocenters. The summed E-state index contributed by atoms with van der Waals surface area (Å²) >= 11 is 0. The Balaban J connectivity index is 0. The highest BCUT2D eigenvalue weighted by Gasteiger charge is 2.06. The molecule has 0 bridgehead atoms. The zero-order chi connectivity index (χ0) is 14.0. The average molecular weight is 246 g/mol. The number of nitrogens with zero attached hydrogens (tertiary/aromatic N) is 1. The van der Waals surface area contributed by atoms with E-state index in [-0.39, 0.29) is 5.57 Å². The summed E-state index contributed by atoms with van der Waals surface area (Å²) in [5, 5.41) is 25.2. The number of aliphatic hydroxyl groups is 3. The van der Waals surface area contributed by atoms with Crippen molar-refractivity contribution >= 4 is 11.8 Å². The number of carbonyl (C=O) groups excluding carboxylic acids is 2. The van der Waals surface area contributed by atoms with Crippen LogP contribution in [0.25, 0.3) is 0 Å². The maximum absolute atomic E-state index is 10.5. The van der Waals surface area contributed by atoms with E-state index in [4.69, 9.17) is 21.1 Å². The first-order valence-electron chi connectivity index (χ1n) is 4.61. The molecule has 0 aliphatic carbocycles. The lowest BCUT2D eigenvalue weighted by atomic mass is 10.2. The average Bonchev–Trinajstić information content (AvgIpc) is 2.29. The summed E-state index contributed by atoms with van der Waals surface area (Å²) in [6, 6.07) is 0. The number of hydrogen-bond acceptors (Lipinski definition) is 5. The van der Waals surface area contributed by atoms with Gasteiger partial charge in [-0.15, -0.1) is 0 Å². The van der Waals surface area contributed by atoms with E-state index >= 15 is 0 Å². The molecule has 0 aromatic carbocycles. The molecule has 5 N–H and O–H groups in total. The molecule has 98 valence electrons. The van der Waals surface area contributed by atoms with E-state index in [1.165, 1.54) is 6.92 Å². The lowest BCUT2D eigenvalue weighted by Gasteiger charge is -2.12. The smallest absolute Gasteiger partial charge is 0.249 e. The van der Waals surface area contributed by atoms with E-state index in [0.717, 1.165) is 11.0 Å². The Morgan fingerprint density at radius 3 is 1.88 bits per heavy atom. The summed E-state index contributed by atoms with van der Waals surface area (Å²) in [5.41, 5.74) is 4.78. The van der Waals surface area contributed by atoms with Gasteiger partial charge in [-0.2, -0.15) is 0 Å². The first kappa shape index (κ1) is 17.7. The van der Waals surface area contributed by atoms with Crippen LogP contribution in [-0.2, 0) is 9.59 Å². The fourth-order valence-corrected chi connectivity index (χ4v) is 0.519. The van der Waals surface area contributed by atoms with Crippen molar-refractivity contribution in [2.45, 2.75) is 13.0 Å². The Morgan fingerprint density at radius 1 is 1.41 bits per heavy atom. The van der Waals surface area contributed by atoms with E-state index in [9.17, 15) is 9.59 Å². The minimum Gasteiger partial charge on any atom is -0.389 e. The monoisotopic (exact) mass is 246 g/mol. The van der Waals surface area contributed by atoms with Crippen molar-refractivity contribution in [1.29, 1.82) is 0 Å². The quantitative estimate of drug-likeness (QED) is 0.340. The Bertz CT molecular complexity index is 284. The van der Waals surface area contributed by atoms with Crippen molar-refractivity contribution in [3.63, 3.8) is 0 Å². The van der Waals surface area contributed by atoms with Crippen LogP contribution in [-0.4, -0.2) is 51.6 Å². The second-order valence-corrected chi connectivity index (χ2v) is 2.93. The summed E-state index contributed by atoms with van der Waals surface area (Å²) in [6.07, 6.45) is 0.194. The second-order valence-electron chi connectivity index (χ2n) is 2.93. The number of rotatable bonds is 5. The third kappa shape index (κ3) is 8.14. The topological polar surface area (TPSA) is 124 Å². The Labute approximate surface area is 99.5 Å². The molecular weight excluding hydrogens is 228 g/mol. The third-order valence-electron chi connectivity index (χ3n) is 1.65. The van der Waals surface area contributed by atoms with Crippen molar-refractivity contribution in [1.82, 2.24) is 4.90 Å². The van der Waals surface area contributed by atoms with Crippen LogP contribution in [0, 0.1) is 0 Å². The summed E-state index contributed by atoms with van der Waals surface area (Å²) in [7, 11) is 0. The van der Waals surface area contributed by atoms with Crippen LogP contribution >= 0.6 is 0 Å². The SMILES string of the molecule is C=C(C(N)=O)C(C)O.C=CC(=O)N(CO)CO. The lowest BCUT2D eigenvalue weighted by Crippen LogP contribution is -2.30. The second kappa shape index (κ2) is 9.52. The zero-order valence-electron chi connectivity index (χ0n) is 9.67. The van der Waals surface area contributed by atoms with Crippen LogP contribution in [0.3, 0.4) is 0 Å². The number of primary amides is 1. The molecule has 7 heteroatoms. The molecular formula is C10H18N2O5. The predicted molar refractivity (Wildman–Crippen MR) is 61.2 cm³/mol. The molecule has 0 spiro atoms. The highest BCUT2D eigenvalue weighted by atomic mass is 16.3. The molecule has 0 aromatic rings. The standard InChI is InChI=1S/C5H9NO3.C5H9NO2/c1-2-5(9)6(3-7)4-8;1-3(4(2)7)5(6)8/h2,7-8H,1,3-4H2;4,7H,1H2,2H3,(H2,6,8). The van der Waals surface area contributed by atoms with Crippen LogP contribution in [0.4, 0.5) is 0 Å². The molecule has 0 rings (SSSR count). The van der Waals surface area contributed by atoms with Crippen molar-refractivity contribution in [2.24, 2.45) is 5.73 Å². The van der Waals surface area contributed by atoms with Gasteiger partial charge in [0.25, 0.3) is 0 Å². The van der Waals surface area contributed by atoms with Crippen molar-refractivity contribution < 1.29 is 24.9 Å². The van der Waals surface area contributed by atoms with Gasteiger partial charge in [-0.3, -0.25) is 14.5 Å². The van der Waals surface area contributed by atoms with E-state index in [1.54, 1.807) is 0 Å². The fourth-order valence-electron chi connectivity index (χ4n) is 0.519. The number of amides is 2. The van der Waals surface area contributed by atoms with Gasteiger partial charge < -0.3 is 21.1 Å². The van der Waals surface area contributed by atoms with E-state index in [0.29, 0.717) is 0 Å². The van der Waals surface area contributed by atoms with E-state index in [2.05, 4.69) is 13.2 Å². The Hall–Kier alpha value is -1.70. The molecule has 1 atom stereocenters. The minimum atomic E-state index is -0.826.